The third-order valence-corrected chi connectivity index (χ3v) is 8.85. The number of allylic oxidation sites excluding steroid dienone is 4. The van der Waals surface area contributed by atoms with Gasteiger partial charge in [-0.2, -0.15) is 46.7 Å². The molecule has 266 valence electrons. The lowest BCUT2D eigenvalue weighted by Crippen LogP contribution is -2.37. The zero-order valence-electron chi connectivity index (χ0n) is 26.4. The summed E-state index contributed by atoms with van der Waals surface area (Å²) in [6.07, 6.45) is 6.41. The van der Waals surface area contributed by atoms with Crippen LogP contribution in [0.4, 0.5) is 41.4 Å². The molecule has 0 aliphatic carbocycles. The lowest BCUT2D eigenvalue weighted by molar-refractivity contribution is 0.122. The lowest BCUT2D eigenvalue weighted by atomic mass is 10.1. The van der Waals surface area contributed by atoms with Gasteiger partial charge in [-0.25, -0.2) is 0 Å². The van der Waals surface area contributed by atoms with Crippen molar-refractivity contribution < 1.29 is 35.4 Å². The largest absolute Gasteiger partial charge is 0.378 e. The minimum Gasteiger partial charge on any atom is -0.378 e. The number of morpholine rings is 2. The average molecular weight is 731 g/mol. The van der Waals surface area contributed by atoms with Crippen LogP contribution in [0, 0.1) is 0 Å². The highest BCUT2D eigenvalue weighted by atomic mass is 32.2. The van der Waals surface area contributed by atoms with E-state index in [1.165, 1.54) is 42.6 Å². The molecule has 0 unspecified atom stereocenters. The van der Waals surface area contributed by atoms with E-state index in [-0.39, 0.29) is 40.6 Å². The molecule has 2 saturated heterocycles. The van der Waals surface area contributed by atoms with Crippen LogP contribution in [0.3, 0.4) is 0 Å². The van der Waals surface area contributed by atoms with Crippen LogP contribution in [-0.2, 0) is 29.7 Å². The summed E-state index contributed by atoms with van der Waals surface area (Å²) < 4.78 is 79.1. The Morgan fingerprint density at radius 1 is 0.840 bits per heavy atom. The molecule has 0 saturated carbocycles. The molecule has 22 heteroatoms. The van der Waals surface area contributed by atoms with Gasteiger partial charge in [0.15, 0.2) is 0 Å². The Balaban J connectivity index is 1.38. The average Bonchev–Trinajstić information content (AvgIpc) is 3.07. The molecule has 4 heterocycles. The number of aromatic nitrogens is 6. The third-order valence-electron chi connectivity index (χ3n) is 7.08. The summed E-state index contributed by atoms with van der Waals surface area (Å²) in [4.78, 5) is 27.6. The van der Waals surface area contributed by atoms with Gasteiger partial charge in [-0.3, -0.25) is 9.11 Å². The number of hydrogen-bond donors (Lipinski definition) is 6. The van der Waals surface area contributed by atoms with Gasteiger partial charge in [0.25, 0.3) is 20.2 Å². The fraction of sp³-hybridized carbons (Fsp3) is 0.286. The van der Waals surface area contributed by atoms with Crippen molar-refractivity contribution in [2.24, 2.45) is 0 Å². The van der Waals surface area contributed by atoms with Crippen LogP contribution in [0.25, 0.3) is 6.08 Å². The number of rotatable bonds is 12. The van der Waals surface area contributed by atoms with Crippen molar-refractivity contribution in [1.82, 2.24) is 29.9 Å². The standard InChI is InChI=1S/C28H34N12O8S2/c1-18(49(41,42)43)19(3-2-8-31-25-33-23(29)35-27(37-25)39-9-13-47-14-10-39)4-5-20-6-7-21(17-22(20)50(44,45)46)32-26-34-24(30)36-28(38-26)40-11-15-48-16-12-40/h2-8,17H,1,9-16H2,(H,41,42,43)(H,44,45,46)(H3,29,31,33,35,37)(H3,30,32,34,36,38)/b5-4+,8-2+,19-3-. The monoisotopic (exact) mass is 730 g/mol. The smallest absolute Gasteiger partial charge is 0.295 e. The molecule has 2 aliphatic rings. The van der Waals surface area contributed by atoms with Crippen LogP contribution in [-0.4, -0.2) is 108 Å². The molecule has 3 aromatic rings. The third kappa shape index (κ3) is 9.67. The second-order valence-electron chi connectivity index (χ2n) is 10.5. The van der Waals surface area contributed by atoms with Crippen LogP contribution < -0.4 is 31.9 Å². The van der Waals surface area contributed by atoms with E-state index in [4.69, 9.17) is 20.9 Å². The van der Waals surface area contributed by atoms with E-state index in [1.54, 1.807) is 0 Å². The van der Waals surface area contributed by atoms with Gasteiger partial charge in [0, 0.05) is 38.1 Å². The van der Waals surface area contributed by atoms with Gasteiger partial charge in [-0.1, -0.05) is 30.9 Å². The van der Waals surface area contributed by atoms with Crippen molar-refractivity contribution >= 4 is 67.7 Å². The summed E-state index contributed by atoms with van der Waals surface area (Å²) in [5.74, 6) is 0.685. The zero-order valence-corrected chi connectivity index (χ0v) is 28.0. The Labute approximate surface area is 287 Å². The second kappa shape index (κ2) is 15.5. The Hall–Kier alpha value is -5.26. The molecule has 0 atom stereocenters. The first-order valence-electron chi connectivity index (χ1n) is 14.8. The molecule has 2 fully saturated rings. The SMILES string of the molecule is C=C(C(=C\C=C\Nc1nc(N)nc(N2CCOCC2)n1)/C=C/c1ccc(Nc2nc(N)nc(N3CCOCC3)n2)cc1S(=O)(=O)O)S(=O)(=O)O. The first-order valence-corrected chi connectivity index (χ1v) is 17.7. The maximum Gasteiger partial charge on any atom is 0.295 e. The van der Waals surface area contributed by atoms with Gasteiger partial charge in [0.2, 0.25) is 35.7 Å². The Bertz CT molecular complexity index is 2050. The number of nitrogen functional groups attached to an aromatic ring is 2. The minimum absolute atomic E-state index is 0.0239. The summed E-state index contributed by atoms with van der Waals surface area (Å²) in [5.41, 5.74) is 11.7. The van der Waals surface area contributed by atoms with Gasteiger partial charge in [0.05, 0.1) is 31.3 Å². The molecule has 1 aromatic carbocycles. The Morgan fingerprint density at radius 2 is 1.40 bits per heavy atom. The van der Waals surface area contributed by atoms with E-state index >= 15 is 0 Å². The number of benzene rings is 1. The quantitative estimate of drug-likeness (QED) is 0.111. The van der Waals surface area contributed by atoms with Crippen LogP contribution in [0.5, 0.6) is 0 Å². The molecule has 5 rings (SSSR count). The number of anilines is 7. The first-order chi connectivity index (χ1) is 23.8. The highest BCUT2D eigenvalue weighted by Crippen LogP contribution is 2.26. The van der Waals surface area contributed by atoms with E-state index in [9.17, 15) is 25.9 Å². The normalized spacial score (nSPS) is 16.2. The van der Waals surface area contributed by atoms with Crippen molar-refractivity contribution in [3.05, 3.63) is 65.2 Å². The van der Waals surface area contributed by atoms with E-state index in [2.05, 4.69) is 47.1 Å². The molecule has 0 bridgehead atoms. The maximum absolute atomic E-state index is 12.4. The highest BCUT2D eigenvalue weighted by Gasteiger charge is 2.20. The van der Waals surface area contributed by atoms with Crippen molar-refractivity contribution in [3.8, 4) is 0 Å². The van der Waals surface area contributed by atoms with Crippen molar-refractivity contribution in [1.29, 1.82) is 0 Å². The van der Waals surface area contributed by atoms with E-state index < -0.39 is 30.0 Å². The van der Waals surface area contributed by atoms with Crippen LogP contribution in [0.1, 0.15) is 5.56 Å². The summed E-state index contributed by atoms with van der Waals surface area (Å²) >= 11 is 0. The van der Waals surface area contributed by atoms with Crippen molar-refractivity contribution in [2.45, 2.75) is 4.90 Å². The Kier molecular flexibility index (Phi) is 11.2. The van der Waals surface area contributed by atoms with Crippen LogP contribution in [0.2, 0.25) is 0 Å². The van der Waals surface area contributed by atoms with E-state index in [1.807, 2.05) is 9.80 Å². The van der Waals surface area contributed by atoms with Gasteiger partial charge in [-0.05, 0) is 29.3 Å². The molecule has 0 radical (unpaired) electrons. The molecular formula is C28H34N12O8S2. The predicted octanol–water partition coefficient (Wildman–Crippen LogP) is 0.851. The fourth-order valence-electron chi connectivity index (χ4n) is 4.64. The first kappa shape index (κ1) is 36.0. The molecule has 50 heavy (non-hydrogen) atoms. The number of ether oxygens (including phenoxy) is 2. The van der Waals surface area contributed by atoms with Gasteiger partial charge in [-0.15, -0.1) is 0 Å². The molecule has 2 aliphatic heterocycles. The highest BCUT2D eigenvalue weighted by molar-refractivity contribution is 7.90. The molecular weight excluding hydrogens is 697 g/mol. The van der Waals surface area contributed by atoms with Crippen molar-refractivity contribution in [3.63, 3.8) is 0 Å². The van der Waals surface area contributed by atoms with Crippen LogP contribution >= 0.6 is 0 Å². The fourth-order valence-corrected chi connectivity index (χ4v) is 5.78. The lowest BCUT2D eigenvalue weighted by Gasteiger charge is -2.26. The summed E-state index contributed by atoms with van der Waals surface area (Å²) in [6, 6.07) is 3.94. The van der Waals surface area contributed by atoms with Crippen molar-refractivity contribution in [2.75, 3.05) is 84.5 Å². The summed E-state index contributed by atoms with van der Waals surface area (Å²) in [6.45, 7) is 7.62. The number of nitrogens with one attached hydrogen (secondary N) is 2. The van der Waals surface area contributed by atoms with Gasteiger partial charge >= 0.3 is 0 Å². The number of nitrogens with two attached hydrogens (primary N) is 2. The second-order valence-corrected chi connectivity index (χ2v) is 13.4. The van der Waals surface area contributed by atoms with Gasteiger partial charge in [0.1, 0.15) is 4.90 Å². The molecule has 20 nitrogen and oxygen atoms in total. The van der Waals surface area contributed by atoms with E-state index in [0.717, 1.165) is 6.07 Å². The van der Waals surface area contributed by atoms with Gasteiger partial charge < -0.3 is 41.4 Å². The molecule has 0 amide bonds. The number of hydrogen-bond acceptors (Lipinski definition) is 18. The van der Waals surface area contributed by atoms with Crippen LogP contribution in [0.15, 0.2) is 64.6 Å². The molecule has 8 N–H and O–H groups in total. The topological polar surface area (TPSA) is 287 Å². The zero-order chi connectivity index (χ0) is 35.9. The maximum atomic E-state index is 12.4. The summed E-state index contributed by atoms with van der Waals surface area (Å²) in [7, 11) is -9.57. The summed E-state index contributed by atoms with van der Waals surface area (Å²) in [5, 5.41) is 5.67. The predicted molar refractivity (Wildman–Crippen MR) is 185 cm³/mol. The Morgan fingerprint density at radius 3 is 1.96 bits per heavy atom. The molecule has 2 aromatic heterocycles. The minimum atomic E-state index is -4.81. The molecule has 0 spiro atoms. The number of nitrogens with zero attached hydrogens (tertiary/aromatic N) is 8. The van der Waals surface area contributed by atoms with E-state index in [0.29, 0.717) is 64.5 Å².